The molecule has 0 aliphatic carbocycles. The number of allylic oxidation sites excluding steroid dienone is 16. The normalized spacial score (nSPS) is 12.9. The van der Waals surface area contributed by atoms with Crippen molar-refractivity contribution in [3.8, 4) is 0 Å². The highest BCUT2D eigenvalue weighted by Gasteiger charge is 2.19. The summed E-state index contributed by atoms with van der Waals surface area (Å²) in [5.41, 5.74) is 0. The van der Waals surface area contributed by atoms with E-state index in [9.17, 15) is 14.4 Å². The van der Waals surface area contributed by atoms with Crippen LogP contribution in [0, 0.1) is 0 Å². The van der Waals surface area contributed by atoms with Gasteiger partial charge in [-0.2, -0.15) is 0 Å². The van der Waals surface area contributed by atoms with Gasteiger partial charge in [-0.15, -0.1) is 0 Å². The van der Waals surface area contributed by atoms with E-state index in [1.165, 1.54) is 96.3 Å². The third kappa shape index (κ3) is 49.2. The third-order valence-corrected chi connectivity index (χ3v) is 10.7. The zero-order chi connectivity index (χ0) is 45.8. The van der Waals surface area contributed by atoms with Crippen LogP contribution in [-0.2, 0) is 28.6 Å². The summed E-state index contributed by atoms with van der Waals surface area (Å²) in [6.07, 6.45) is 66.9. The summed E-state index contributed by atoms with van der Waals surface area (Å²) in [6, 6.07) is 0. The Morgan fingerprint density at radius 1 is 0.349 bits per heavy atom. The molecule has 0 fully saturated rings. The van der Waals surface area contributed by atoms with Gasteiger partial charge in [0.1, 0.15) is 13.2 Å². The molecule has 1 atom stereocenters. The van der Waals surface area contributed by atoms with Crippen LogP contribution in [0.4, 0.5) is 0 Å². The van der Waals surface area contributed by atoms with Crippen LogP contribution in [0.15, 0.2) is 97.2 Å². The van der Waals surface area contributed by atoms with E-state index in [1.807, 2.05) is 54.7 Å². The first kappa shape index (κ1) is 59.3. The van der Waals surface area contributed by atoms with Gasteiger partial charge in [0, 0.05) is 19.3 Å². The fourth-order valence-corrected chi connectivity index (χ4v) is 6.90. The average Bonchev–Trinajstić information content (AvgIpc) is 3.28. The molecule has 6 heteroatoms. The van der Waals surface area contributed by atoms with Gasteiger partial charge in [0.15, 0.2) is 6.10 Å². The summed E-state index contributed by atoms with van der Waals surface area (Å²) in [5.74, 6) is -1.01. The van der Waals surface area contributed by atoms with E-state index in [1.54, 1.807) is 0 Å². The molecule has 63 heavy (non-hydrogen) atoms. The molecule has 0 rings (SSSR count). The van der Waals surface area contributed by atoms with Gasteiger partial charge in [0.25, 0.3) is 0 Å². The smallest absolute Gasteiger partial charge is 0.306 e. The zero-order valence-electron chi connectivity index (χ0n) is 40.8. The maximum atomic E-state index is 12.8. The summed E-state index contributed by atoms with van der Waals surface area (Å²) in [6.45, 7) is 6.30. The molecule has 0 spiro atoms. The highest BCUT2D eigenvalue weighted by Crippen LogP contribution is 2.15. The van der Waals surface area contributed by atoms with Crippen molar-refractivity contribution in [2.75, 3.05) is 13.2 Å². The van der Waals surface area contributed by atoms with Crippen molar-refractivity contribution in [3.05, 3.63) is 97.2 Å². The van der Waals surface area contributed by atoms with Crippen molar-refractivity contribution in [2.24, 2.45) is 0 Å². The summed E-state index contributed by atoms with van der Waals surface area (Å²) in [4.78, 5) is 37.9. The summed E-state index contributed by atoms with van der Waals surface area (Å²) < 4.78 is 16.7. The predicted molar refractivity (Wildman–Crippen MR) is 270 cm³/mol. The largest absolute Gasteiger partial charge is 0.462 e. The first-order valence-electron chi connectivity index (χ1n) is 25.8. The van der Waals surface area contributed by atoms with Gasteiger partial charge in [-0.3, -0.25) is 14.4 Å². The molecule has 0 aliphatic heterocycles. The zero-order valence-corrected chi connectivity index (χ0v) is 40.8. The molecule has 0 aliphatic rings. The van der Waals surface area contributed by atoms with Crippen LogP contribution in [-0.4, -0.2) is 37.2 Å². The van der Waals surface area contributed by atoms with Gasteiger partial charge in [0.2, 0.25) is 0 Å². The lowest BCUT2D eigenvalue weighted by molar-refractivity contribution is -0.167. The van der Waals surface area contributed by atoms with E-state index >= 15 is 0 Å². The number of hydrogen-bond donors (Lipinski definition) is 0. The Hall–Kier alpha value is -3.67. The Balaban J connectivity index is 4.46. The third-order valence-electron chi connectivity index (χ3n) is 10.7. The molecule has 0 aromatic heterocycles. The quantitative estimate of drug-likeness (QED) is 0.0199. The first-order valence-corrected chi connectivity index (χ1v) is 25.8. The van der Waals surface area contributed by atoms with Crippen molar-refractivity contribution >= 4 is 17.9 Å². The Morgan fingerprint density at radius 2 is 0.714 bits per heavy atom. The SMILES string of the molecule is CC\C=C/C=C\C=C/C=C\C=C/CCCC(=O)OCC(COC(=O)CCCCCCCCCCCCCCCCCCCC)OC(=O)CCCCCC/C=C\C/C=C\C/C=C\CC. The summed E-state index contributed by atoms with van der Waals surface area (Å²) >= 11 is 0. The second kappa shape index (κ2) is 51.0. The predicted octanol–water partition coefficient (Wildman–Crippen LogP) is 17.0. The highest BCUT2D eigenvalue weighted by atomic mass is 16.6. The lowest BCUT2D eigenvalue weighted by atomic mass is 10.0. The van der Waals surface area contributed by atoms with E-state index in [2.05, 4.69) is 63.3 Å². The van der Waals surface area contributed by atoms with Crippen LogP contribution in [0.1, 0.15) is 226 Å². The fourth-order valence-electron chi connectivity index (χ4n) is 6.90. The minimum absolute atomic E-state index is 0.109. The number of ether oxygens (including phenoxy) is 3. The van der Waals surface area contributed by atoms with Crippen molar-refractivity contribution in [2.45, 2.75) is 232 Å². The van der Waals surface area contributed by atoms with Crippen LogP contribution in [0.5, 0.6) is 0 Å². The summed E-state index contributed by atoms with van der Waals surface area (Å²) in [5, 5.41) is 0. The van der Waals surface area contributed by atoms with Gasteiger partial charge in [-0.25, -0.2) is 0 Å². The molecule has 0 saturated carbocycles. The van der Waals surface area contributed by atoms with Crippen LogP contribution in [0.3, 0.4) is 0 Å². The average molecular weight is 875 g/mol. The fraction of sp³-hybridized carbons (Fsp3) is 0.667. The van der Waals surface area contributed by atoms with Crippen LogP contribution in [0.25, 0.3) is 0 Å². The number of unbranched alkanes of at least 4 members (excludes halogenated alkanes) is 22. The molecule has 0 bridgehead atoms. The number of hydrogen-bond acceptors (Lipinski definition) is 6. The minimum atomic E-state index is -0.817. The van der Waals surface area contributed by atoms with Crippen molar-refractivity contribution in [3.63, 3.8) is 0 Å². The van der Waals surface area contributed by atoms with Crippen LogP contribution >= 0.6 is 0 Å². The second-order valence-corrected chi connectivity index (χ2v) is 16.8. The number of carbonyl (C=O) groups excluding carboxylic acids is 3. The van der Waals surface area contributed by atoms with Gasteiger partial charge in [0.05, 0.1) is 0 Å². The standard InChI is InChI=1S/C57H94O6/c1-4-7-10-13-16-19-22-25-27-28-29-30-33-35-38-41-44-47-50-56(59)62-53-54(52-61-55(58)49-46-43-40-37-34-31-24-21-18-15-12-9-6-3)63-57(60)51-48-45-42-39-36-32-26-23-20-17-14-11-8-5-2/h8-9,11-12,15,17-18,20-21,24,26,31-32,34,37,40,54H,4-7,10,13-14,16,19,22-23,25,27-30,33,35-36,38-39,41-53H2,1-3H3/b11-8-,12-9-,18-15-,20-17-,24-21-,32-26-,34-31-,40-37-. The molecule has 358 valence electrons. The molecule has 0 amide bonds. The minimum Gasteiger partial charge on any atom is -0.462 e. The molecule has 0 radical (unpaired) electrons. The second-order valence-electron chi connectivity index (χ2n) is 16.8. The monoisotopic (exact) mass is 875 g/mol. The van der Waals surface area contributed by atoms with E-state index in [-0.39, 0.29) is 44.0 Å². The van der Waals surface area contributed by atoms with Gasteiger partial charge in [-0.1, -0.05) is 240 Å². The van der Waals surface area contributed by atoms with Gasteiger partial charge in [-0.05, 0) is 64.2 Å². The van der Waals surface area contributed by atoms with E-state index in [0.717, 1.165) is 83.5 Å². The summed E-state index contributed by atoms with van der Waals surface area (Å²) in [7, 11) is 0. The van der Waals surface area contributed by atoms with E-state index < -0.39 is 6.10 Å². The highest BCUT2D eigenvalue weighted by molar-refractivity contribution is 5.71. The van der Waals surface area contributed by atoms with Crippen LogP contribution in [0.2, 0.25) is 0 Å². The van der Waals surface area contributed by atoms with Crippen molar-refractivity contribution in [1.29, 1.82) is 0 Å². The molecular formula is C57H94O6. The lowest BCUT2D eigenvalue weighted by Gasteiger charge is -2.18. The molecule has 0 aromatic rings. The lowest BCUT2D eigenvalue weighted by Crippen LogP contribution is -2.30. The Morgan fingerprint density at radius 3 is 1.21 bits per heavy atom. The Labute approximate surface area is 387 Å². The van der Waals surface area contributed by atoms with E-state index in [4.69, 9.17) is 14.2 Å². The molecule has 6 nitrogen and oxygen atoms in total. The topological polar surface area (TPSA) is 78.9 Å². The van der Waals surface area contributed by atoms with Crippen LogP contribution < -0.4 is 0 Å². The molecule has 0 heterocycles. The number of rotatable bonds is 45. The Kier molecular flexibility index (Phi) is 48.0. The van der Waals surface area contributed by atoms with Gasteiger partial charge < -0.3 is 14.2 Å². The molecule has 0 N–H and O–H groups in total. The molecule has 1 unspecified atom stereocenters. The first-order chi connectivity index (χ1) is 31.0. The number of esters is 3. The Bertz CT molecular complexity index is 1280. The maximum Gasteiger partial charge on any atom is 0.306 e. The maximum absolute atomic E-state index is 12.8. The van der Waals surface area contributed by atoms with Crippen molar-refractivity contribution < 1.29 is 28.6 Å². The molecule has 0 aromatic carbocycles. The molecule has 0 saturated heterocycles. The molecular weight excluding hydrogens is 781 g/mol. The van der Waals surface area contributed by atoms with Crippen molar-refractivity contribution in [1.82, 2.24) is 0 Å². The van der Waals surface area contributed by atoms with Gasteiger partial charge >= 0.3 is 17.9 Å². The van der Waals surface area contributed by atoms with E-state index in [0.29, 0.717) is 12.8 Å². The number of carbonyl (C=O) groups is 3.